The normalized spacial score (nSPS) is 13.1. The molecule has 0 aliphatic heterocycles. The van der Waals surface area contributed by atoms with E-state index in [9.17, 15) is 5.11 Å². The van der Waals surface area contributed by atoms with Gasteiger partial charge in [0, 0.05) is 14.9 Å². The lowest BCUT2D eigenvalue weighted by atomic mass is 10.0. The topological polar surface area (TPSA) is 33.4 Å². The summed E-state index contributed by atoms with van der Waals surface area (Å²) in [5, 5.41) is 10.4. The van der Waals surface area contributed by atoms with E-state index >= 15 is 0 Å². The molecule has 0 radical (unpaired) electrons. The molecule has 92 valence electrons. The zero-order valence-corrected chi connectivity index (χ0v) is 12.8. The van der Waals surface area contributed by atoms with Crippen LogP contribution in [-0.2, 0) is 0 Å². The molecule has 0 amide bonds. The molecule has 0 aliphatic carbocycles. The number of aryl methyl sites for hydroxylation is 2. The van der Waals surface area contributed by atoms with Gasteiger partial charge in [-0.25, -0.2) is 0 Å². The van der Waals surface area contributed by atoms with Crippen molar-refractivity contribution in [3.05, 3.63) is 42.4 Å². The predicted octanol–water partition coefficient (Wildman–Crippen LogP) is 4.76. The van der Waals surface area contributed by atoms with Gasteiger partial charge in [0.2, 0.25) is 0 Å². The van der Waals surface area contributed by atoms with E-state index in [1.165, 1.54) is 11.3 Å². The SMILES string of the molecule is Cc1oc(C)c(C(O)c2cc(Br)c(Cl)s2)c1C. The van der Waals surface area contributed by atoms with Crippen LogP contribution in [0.25, 0.3) is 0 Å². The number of aliphatic hydroxyl groups is 1. The third kappa shape index (κ3) is 2.32. The van der Waals surface area contributed by atoms with Crippen molar-refractivity contribution < 1.29 is 9.52 Å². The fourth-order valence-corrected chi connectivity index (χ4v) is 3.59. The highest BCUT2D eigenvalue weighted by Crippen LogP contribution is 2.39. The lowest BCUT2D eigenvalue weighted by Crippen LogP contribution is -1.99. The first-order valence-electron chi connectivity index (χ1n) is 5.11. The average Bonchev–Trinajstić information content (AvgIpc) is 2.70. The Balaban J connectivity index is 2.46. The maximum absolute atomic E-state index is 10.4. The van der Waals surface area contributed by atoms with Crippen LogP contribution in [0.15, 0.2) is 15.0 Å². The summed E-state index contributed by atoms with van der Waals surface area (Å²) in [5.41, 5.74) is 1.84. The highest BCUT2D eigenvalue weighted by Gasteiger charge is 2.22. The zero-order chi connectivity index (χ0) is 12.7. The van der Waals surface area contributed by atoms with Gasteiger partial charge in [0.15, 0.2) is 0 Å². The van der Waals surface area contributed by atoms with E-state index in [2.05, 4.69) is 15.9 Å². The number of hydrogen-bond acceptors (Lipinski definition) is 3. The Kier molecular flexibility index (Phi) is 3.69. The average molecular weight is 336 g/mol. The minimum atomic E-state index is -0.679. The van der Waals surface area contributed by atoms with E-state index in [0.29, 0.717) is 4.34 Å². The third-order valence-electron chi connectivity index (χ3n) is 2.82. The van der Waals surface area contributed by atoms with Gasteiger partial charge >= 0.3 is 0 Å². The summed E-state index contributed by atoms with van der Waals surface area (Å²) in [6.45, 7) is 5.72. The molecule has 1 N–H and O–H groups in total. The summed E-state index contributed by atoms with van der Waals surface area (Å²) in [4.78, 5) is 0.814. The highest BCUT2D eigenvalue weighted by atomic mass is 79.9. The minimum absolute atomic E-state index is 0.648. The number of aliphatic hydroxyl groups excluding tert-OH is 1. The second-order valence-electron chi connectivity index (χ2n) is 3.93. The summed E-state index contributed by atoms with van der Waals surface area (Å²) >= 11 is 10.7. The predicted molar refractivity (Wildman–Crippen MR) is 74.0 cm³/mol. The smallest absolute Gasteiger partial charge is 0.117 e. The van der Waals surface area contributed by atoms with Crippen molar-refractivity contribution in [1.82, 2.24) is 0 Å². The van der Waals surface area contributed by atoms with E-state index in [1.807, 2.05) is 26.8 Å². The van der Waals surface area contributed by atoms with E-state index in [0.717, 1.165) is 32.0 Å². The monoisotopic (exact) mass is 334 g/mol. The molecule has 2 nitrogen and oxygen atoms in total. The summed E-state index contributed by atoms with van der Waals surface area (Å²) < 4.78 is 6.99. The van der Waals surface area contributed by atoms with Crippen LogP contribution in [0.3, 0.4) is 0 Å². The first-order chi connectivity index (χ1) is 7.91. The summed E-state index contributed by atoms with van der Waals surface area (Å²) in [6, 6.07) is 1.85. The van der Waals surface area contributed by atoms with E-state index in [1.54, 1.807) is 0 Å². The molecule has 0 saturated carbocycles. The largest absolute Gasteiger partial charge is 0.466 e. The van der Waals surface area contributed by atoms with Gasteiger partial charge in [-0.2, -0.15) is 0 Å². The Morgan fingerprint density at radius 2 is 2.00 bits per heavy atom. The molecule has 2 aromatic heterocycles. The number of hydrogen-bond donors (Lipinski definition) is 1. The van der Waals surface area contributed by atoms with Crippen molar-refractivity contribution in [1.29, 1.82) is 0 Å². The molecular formula is C12H12BrClO2S. The molecule has 2 aromatic rings. The number of thiophene rings is 1. The van der Waals surface area contributed by atoms with Gasteiger partial charge in [0.1, 0.15) is 22.0 Å². The molecule has 1 unspecified atom stereocenters. The molecule has 2 rings (SSSR count). The van der Waals surface area contributed by atoms with Gasteiger partial charge in [-0.3, -0.25) is 0 Å². The Hall–Kier alpha value is -0.290. The first kappa shape index (κ1) is 13.1. The third-order valence-corrected chi connectivity index (χ3v) is 5.35. The van der Waals surface area contributed by atoms with Gasteiger partial charge in [-0.1, -0.05) is 11.6 Å². The van der Waals surface area contributed by atoms with Gasteiger partial charge < -0.3 is 9.52 Å². The van der Waals surface area contributed by atoms with Crippen molar-refractivity contribution in [3.8, 4) is 0 Å². The van der Waals surface area contributed by atoms with Gasteiger partial charge in [-0.05, 0) is 48.3 Å². The molecule has 5 heteroatoms. The van der Waals surface area contributed by atoms with E-state index in [4.69, 9.17) is 16.0 Å². The van der Waals surface area contributed by atoms with Crippen molar-refractivity contribution in [2.45, 2.75) is 26.9 Å². The second-order valence-corrected chi connectivity index (χ2v) is 6.47. The van der Waals surface area contributed by atoms with Crippen LogP contribution in [0.5, 0.6) is 0 Å². The summed E-state index contributed by atoms with van der Waals surface area (Å²) in [5.74, 6) is 1.60. The molecule has 1 atom stereocenters. The fraction of sp³-hybridized carbons (Fsp3) is 0.333. The van der Waals surface area contributed by atoms with Gasteiger partial charge in [0.05, 0.1) is 0 Å². The van der Waals surface area contributed by atoms with Crippen LogP contribution in [-0.4, -0.2) is 5.11 Å². The molecule has 0 spiro atoms. The van der Waals surface area contributed by atoms with Crippen molar-refractivity contribution >= 4 is 38.9 Å². The Morgan fingerprint density at radius 1 is 1.35 bits per heavy atom. The van der Waals surface area contributed by atoms with Gasteiger partial charge in [0.25, 0.3) is 0 Å². The number of rotatable bonds is 2. The van der Waals surface area contributed by atoms with E-state index < -0.39 is 6.10 Å². The van der Waals surface area contributed by atoms with Crippen molar-refractivity contribution in [2.24, 2.45) is 0 Å². The first-order valence-corrected chi connectivity index (χ1v) is 7.09. The molecule has 0 saturated heterocycles. The lowest BCUT2D eigenvalue weighted by Gasteiger charge is -2.08. The van der Waals surface area contributed by atoms with Crippen LogP contribution in [0.4, 0.5) is 0 Å². The summed E-state index contributed by atoms with van der Waals surface area (Å²) in [6.07, 6.45) is -0.679. The van der Waals surface area contributed by atoms with Crippen LogP contribution < -0.4 is 0 Å². The van der Waals surface area contributed by atoms with Crippen LogP contribution in [0, 0.1) is 20.8 Å². The lowest BCUT2D eigenvalue weighted by molar-refractivity contribution is 0.221. The molecule has 2 heterocycles. The standard InChI is InChI=1S/C12H12BrClO2S/c1-5-6(2)16-7(3)10(5)11(15)9-4-8(13)12(14)17-9/h4,11,15H,1-3H3. The minimum Gasteiger partial charge on any atom is -0.466 e. The number of furan rings is 1. The second kappa shape index (κ2) is 4.76. The van der Waals surface area contributed by atoms with E-state index in [-0.39, 0.29) is 0 Å². The molecule has 0 fully saturated rings. The van der Waals surface area contributed by atoms with Gasteiger partial charge in [-0.15, -0.1) is 11.3 Å². The Labute approximate surface area is 117 Å². The Morgan fingerprint density at radius 3 is 2.41 bits per heavy atom. The number of halogens is 2. The zero-order valence-electron chi connectivity index (χ0n) is 9.67. The van der Waals surface area contributed by atoms with Crippen LogP contribution in [0.1, 0.15) is 33.6 Å². The quantitative estimate of drug-likeness (QED) is 0.858. The molecule has 0 aliphatic rings. The Bertz CT molecular complexity index is 540. The molecule has 0 bridgehead atoms. The maximum atomic E-state index is 10.4. The summed E-state index contributed by atoms with van der Waals surface area (Å²) in [7, 11) is 0. The molecule has 0 aromatic carbocycles. The van der Waals surface area contributed by atoms with Crippen molar-refractivity contribution in [3.63, 3.8) is 0 Å². The van der Waals surface area contributed by atoms with Crippen LogP contribution >= 0.6 is 38.9 Å². The maximum Gasteiger partial charge on any atom is 0.117 e. The highest BCUT2D eigenvalue weighted by molar-refractivity contribution is 9.10. The fourth-order valence-electron chi connectivity index (χ4n) is 1.85. The molecule has 17 heavy (non-hydrogen) atoms. The molecular weight excluding hydrogens is 324 g/mol. The van der Waals surface area contributed by atoms with Crippen molar-refractivity contribution in [2.75, 3.05) is 0 Å². The van der Waals surface area contributed by atoms with Crippen LogP contribution in [0.2, 0.25) is 4.34 Å².